The molecular formula is C37H46Cl2NSiTi. The van der Waals surface area contributed by atoms with Crippen LogP contribution in [0.25, 0.3) is 11.1 Å². The van der Waals surface area contributed by atoms with Gasteiger partial charge in [0.1, 0.15) is 0 Å². The van der Waals surface area contributed by atoms with E-state index in [1.54, 1.807) is 25.4 Å². The Morgan fingerprint density at radius 3 is 1.62 bits per heavy atom. The van der Waals surface area contributed by atoms with Crippen LogP contribution in [0.2, 0.25) is 0 Å². The maximum absolute atomic E-state index is 4.40. The largest absolute Gasteiger partial charge is 1.00 e. The zero-order valence-electron chi connectivity index (χ0n) is 26.7. The Labute approximate surface area is 274 Å². The molecule has 0 fully saturated rings. The van der Waals surface area contributed by atoms with E-state index in [9.17, 15) is 0 Å². The molecule has 5 rings (SSSR count). The van der Waals surface area contributed by atoms with Crippen LogP contribution in [-0.4, -0.2) is 12.2 Å². The molecular weight excluding hydrogens is 605 g/mol. The first-order chi connectivity index (χ1) is 18.7. The van der Waals surface area contributed by atoms with Gasteiger partial charge < -0.3 is 24.8 Å². The molecule has 4 aromatic rings. The minimum Gasteiger partial charge on any atom is -1.00 e. The zero-order chi connectivity index (χ0) is 28.9. The van der Waals surface area contributed by atoms with Crippen LogP contribution in [0.3, 0.4) is 0 Å². The number of rotatable bonds is 5. The van der Waals surface area contributed by atoms with E-state index >= 15 is 0 Å². The summed E-state index contributed by atoms with van der Waals surface area (Å²) >= 11 is -2.16. The Kier molecular flexibility index (Phi) is 10.9. The molecule has 1 N–H and O–H groups in total. The minimum absolute atomic E-state index is 0. The quantitative estimate of drug-likeness (QED) is 0.280. The molecule has 5 heteroatoms. The number of hydrogen-bond donors (Lipinski definition) is 1. The van der Waals surface area contributed by atoms with Crippen molar-refractivity contribution in [3.63, 3.8) is 0 Å². The maximum atomic E-state index is 4.40. The Morgan fingerprint density at radius 2 is 1.14 bits per heavy atom. The van der Waals surface area contributed by atoms with Crippen molar-refractivity contribution in [1.29, 1.82) is 0 Å². The zero-order valence-corrected chi connectivity index (χ0v) is 30.9. The average molecular weight is 652 g/mol. The molecule has 0 aliphatic heterocycles. The summed E-state index contributed by atoms with van der Waals surface area (Å²) in [7, 11) is 0. The van der Waals surface area contributed by atoms with Gasteiger partial charge >= 0.3 is 252 Å². The van der Waals surface area contributed by atoms with Gasteiger partial charge in [0.2, 0.25) is 0 Å². The first-order valence-electron chi connectivity index (χ1n) is 14.8. The summed E-state index contributed by atoms with van der Waals surface area (Å²) in [5.74, 6) is 0. The summed E-state index contributed by atoms with van der Waals surface area (Å²) in [4.78, 5) is 0. The van der Waals surface area contributed by atoms with Crippen molar-refractivity contribution in [1.82, 2.24) is 3.80 Å². The topological polar surface area (TPSA) is 12.0 Å². The van der Waals surface area contributed by atoms with E-state index < -0.39 is 24.0 Å². The molecule has 0 radical (unpaired) electrons. The Hall–Kier alpha value is -1.65. The van der Waals surface area contributed by atoms with Gasteiger partial charge in [-0.3, -0.25) is 0 Å². The number of hydrogen-bond acceptors (Lipinski definition) is 1. The monoisotopic (exact) mass is 650 g/mol. The second kappa shape index (κ2) is 13.1. The molecule has 0 unspecified atom stereocenters. The van der Waals surface area contributed by atoms with Gasteiger partial charge in [-0.2, -0.15) is 0 Å². The fraction of sp³-hybridized carbons (Fsp3) is 0.351. The predicted molar refractivity (Wildman–Crippen MR) is 174 cm³/mol. The predicted octanol–water partition coefficient (Wildman–Crippen LogP) is 0.946. The standard InChI is InChI=1S/C21H25.C12H11Si.C4H10N.2ClH.Ti/c1-20(2,3)16-7-9-18-14(12-16)11-15-13-17(21(4,5)6)8-10-19(15)18;1-3-7-11(8-4-1)13-12-9-5-2-6-10-12;1-4(2,3)5;;;/h7-10,12H,11H2,1-6H3;1-10,13H;5H,1-3H3;2*1H;/q;;-1;;;+3/p-2. The van der Waals surface area contributed by atoms with Gasteiger partial charge in [0, 0.05) is 0 Å². The smallest absolute Gasteiger partial charge is 1.00 e. The molecule has 0 saturated heterocycles. The van der Waals surface area contributed by atoms with E-state index in [1.807, 2.05) is 0 Å². The summed E-state index contributed by atoms with van der Waals surface area (Å²) in [6, 6.07) is 35.1. The summed E-state index contributed by atoms with van der Waals surface area (Å²) < 4.78 is 6.11. The van der Waals surface area contributed by atoms with Crippen molar-refractivity contribution in [2.24, 2.45) is 0 Å². The Balaban J connectivity index is 0.00000242. The van der Waals surface area contributed by atoms with E-state index in [-0.39, 0.29) is 41.2 Å². The molecule has 0 amide bonds. The maximum Gasteiger partial charge on any atom is -1.00 e. The number of nitrogens with one attached hydrogen (secondary N) is 1. The molecule has 0 aromatic heterocycles. The second-order valence-electron chi connectivity index (χ2n) is 14.6. The van der Waals surface area contributed by atoms with Crippen molar-refractivity contribution in [2.75, 3.05) is 0 Å². The normalized spacial score (nSPS) is 12.7. The molecule has 0 bridgehead atoms. The average Bonchev–Trinajstić information content (AvgIpc) is 3.25. The molecule has 0 spiro atoms. The molecule has 0 saturated carbocycles. The summed E-state index contributed by atoms with van der Waals surface area (Å²) in [6.45, 7) is 19.7. The van der Waals surface area contributed by atoms with Crippen LogP contribution in [0.4, 0.5) is 0 Å². The van der Waals surface area contributed by atoms with Crippen molar-refractivity contribution in [3.05, 3.63) is 113 Å². The van der Waals surface area contributed by atoms with Crippen LogP contribution < -0.4 is 42.9 Å². The molecule has 42 heavy (non-hydrogen) atoms. The van der Waals surface area contributed by atoms with Crippen LogP contribution in [0.15, 0.2) is 91.0 Å². The molecule has 0 heterocycles. The minimum atomic E-state index is -2.16. The summed E-state index contributed by atoms with van der Waals surface area (Å²) in [6.07, 6.45) is 1.04. The van der Waals surface area contributed by atoms with Crippen molar-refractivity contribution in [2.45, 2.75) is 85.1 Å². The van der Waals surface area contributed by atoms with E-state index in [2.05, 4.69) is 157 Å². The number of benzene rings is 4. The fourth-order valence-corrected chi connectivity index (χ4v) is 22.5. The fourth-order valence-electron chi connectivity index (χ4n) is 6.18. The summed E-state index contributed by atoms with van der Waals surface area (Å²) in [5, 5.41) is 3.12. The number of halogens is 2. The van der Waals surface area contributed by atoms with Crippen molar-refractivity contribution in [3.8, 4) is 11.1 Å². The molecule has 221 valence electrons. The second-order valence-corrected chi connectivity index (χ2v) is 24.4. The first-order valence-corrected chi connectivity index (χ1v) is 20.8. The van der Waals surface area contributed by atoms with E-state index in [1.165, 1.54) is 22.3 Å². The third-order valence-electron chi connectivity index (χ3n) is 8.08. The Morgan fingerprint density at radius 1 is 0.619 bits per heavy atom. The molecule has 0 atom stereocenters. The third kappa shape index (κ3) is 7.34. The van der Waals surface area contributed by atoms with E-state index in [0.29, 0.717) is 0 Å². The van der Waals surface area contributed by atoms with E-state index in [0.717, 1.165) is 6.42 Å². The van der Waals surface area contributed by atoms with Gasteiger partial charge in [0.25, 0.3) is 0 Å². The van der Waals surface area contributed by atoms with Crippen molar-refractivity contribution < 1.29 is 42.2 Å². The van der Waals surface area contributed by atoms with Gasteiger partial charge in [0.05, 0.1) is 0 Å². The van der Waals surface area contributed by atoms with Gasteiger partial charge in [-0.25, -0.2) is 0 Å². The molecule has 1 aliphatic carbocycles. The molecule has 4 aromatic carbocycles. The SMILES string of the molecule is CC(C)(C)[NH][Ti+2]([c]1c(C(C)(C)C)ccc2c1Cc1cc(C(C)(C)C)ccc1-2)[SiH](c1ccccc1)c1ccccc1.[Cl-].[Cl-]. The Bertz CT molecular complexity index is 1460. The van der Waals surface area contributed by atoms with Crippen LogP contribution in [0, 0.1) is 0 Å². The first kappa shape index (κ1) is 34.8. The van der Waals surface area contributed by atoms with Crippen LogP contribution in [0.1, 0.15) is 84.6 Å². The summed E-state index contributed by atoms with van der Waals surface area (Å²) in [5.41, 5.74) is 9.24. The van der Waals surface area contributed by atoms with Crippen LogP contribution >= 0.6 is 0 Å². The van der Waals surface area contributed by atoms with Gasteiger partial charge in [-0.1, -0.05) is 0 Å². The van der Waals surface area contributed by atoms with Gasteiger partial charge in [-0.05, 0) is 0 Å². The van der Waals surface area contributed by atoms with Crippen LogP contribution in [-0.2, 0) is 34.6 Å². The number of fused-ring (bicyclic) bond motifs is 3. The van der Waals surface area contributed by atoms with Gasteiger partial charge in [-0.15, -0.1) is 0 Å². The van der Waals surface area contributed by atoms with Gasteiger partial charge in [0.15, 0.2) is 0 Å². The van der Waals surface area contributed by atoms with Crippen molar-refractivity contribution >= 4 is 20.9 Å². The van der Waals surface area contributed by atoms with E-state index in [4.69, 9.17) is 0 Å². The molecule has 1 nitrogen and oxygen atoms in total. The molecule has 1 aliphatic rings. The third-order valence-corrected chi connectivity index (χ3v) is 21.7. The van der Waals surface area contributed by atoms with Crippen LogP contribution in [0.5, 0.6) is 0 Å².